The third-order valence-corrected chi connectivity index (χ3v) is 9.93. The van der Waals surface area contributed by atoms with Gasteiger partial charge in [0.15, 0.2) is 0 Å². The van der Waals surface area contributed by atoms with Gasteiger partial charge in [0.05, 0.1) is 33.3 Å². The van der Waals surface area contributed by atoms with Gasteiger partial charge in [0.1, 0.15) is 11.2 Å². The Bertz CT molecular complexity index is 3110. The van der Waals surface area contributed by atoms with Gasteiger partial charge in [-0.2, -0.15) is 0 Å². The van der Waals surface area contributed by atoms with E-state index in [0.717, 1.165) is 82.6 Å². The van der Waals surface area contributed by atoms with E-state index < -0.39 is 0 Å². The van der Waals surface area contributed by atoms with Crippen molar-refractivity contribution in [1.82, 2.24) is 19.1 Å². The van der Waals surface area contributed by atoms with Crippen molar-refractivity contribution in [2.24, 2.45) is 0 Å². The number of aromatic nitrogens is 4. The Labute approximate surface area is 279 Å². The topological polar surface area (TPSA) is 48.8 Å². The molecule has 49 heavy (non-hydrogen) atoms. The second kappa shape index (κ2) is 9.89. The highest BCUT2D eigenvalue weighted by molar-refractivity contribution is 6.24. The maximum absolute atomic E-state index is 6.33. The minimum Gasteiger partial charge on any atom is -0.456 e. The van der Waals surface area contributed by atoms with Crippen molar-refractivity contribution in [3.05, 3.63) is 158 Å². The molecule has 0 spiro atoms. The molecule has 0 unspecified atom stereocenters. The molecule has 0 aliphatic heterocycles. The normalized spacial score (nSPS) is 12.1. The predicted octanol–water partition coefficient (Wildman–Crippen LogP) is 11.4. The molecule has 0 saturated carbocycles. The highest BCUT2D eigenvalue weighted by Gasteiger charge is 2.24. The van der Waals surface area contributed by atoms with Gasteiger partial charge in [-0.3, -0.25) is 4.57 Å². The molecule has 0 N–H and O–H groups in total. The first kappa shape index (κ1) is 26.4. The molecule has 5 heteroatoms. The third-order valence-electron chi connectivity index (χ3n) is 9.93. The molecule has 4 heterocycles. The van der Waals surface area contributed by atoms with Gasteiger partial charge < -0.3 is 8.98 Å². The first-order valence-corrected chi connectivity index (χ1v) is 16.5. The zero-order valence-corrected chi connectivity index (χ0v) is 26.2. The summed E-state index contributed by atoms with van der Waals surface area (Å²) < 4.78 is 11.0. The number of hydrogen-bond acceptors (Lipinski definition) is 3. The highest BCUT2D eigenvalue weighted by Crippen LogP contribution is 2.43. The Morgan fingerprint density at radius 2 is 1.00 bits per heavy atom. The lowest BCUT2D eigenvalue weighted by Gasteiger charge is -2.14. The van der Waals surface area contributed by atoms with Gasteiger partial charge in [0.25, 0.3) is 0 Å². The lowest BCUT2D eigenvalue weighted by atomic mass is 10.0. The van der Waals surface area contributed by atoms with Crippen molar-refractivity contribution in [1.29, 1.82) is 0 Å². The van der Waals surface area contributed by atoms with E-state index in [9.17, 15) is 0 Å². The summed E-state index contributed by atoms with van der Waals surface area (Å²) in [5.41, 5.74) is 10.0. The maximum atomic E-state index is 6.33. The molecular formula is C44H26N4O. The number of nitrogens with zero attached hydrogens (tertiary/aromatic N) is 4. The van der Waals surface area contributed by atoms with Crippen molar-refractivity contribution in [3.63, 3.8) is 0 Å². The number of rotatable bonds is 3. The van der Waals surface area contributed by atoms with Crippen LogP contribution in [0.1, 0.15) is 0 Å². The van der Waals surface area contributed by atoms with Crippen LogP contribution >= 0.6 is 0 Å². The Kier molecular flexibility index (Phi) is 5.32. The van der Waals surface area contributed by atoms with E-state index in [4.69, 9.17) is 14.4 Å². The van der Waals surface area contributed by atoms with Crippen molar-refractivity contribution in [2.45, 2.75) is 0 Å². The molecule has 0 saturated heterocycles. The fourth-order valence-electron chi connectivity index (χ4n) is 7.90. The molecule has 0 bridgehead atoms. The summed E-state index contributed by atoms with van der Waals surface area (Å²) in [6.45, 7) is 0. The average Bonchev–Trinajstić information content (AvgIpc) is 3.82. The molecule has 5 nitrogen and oxygen atoms in total. The molecule has 11 rings (SSSR count). The monoisotopic (exact) mass is 626 g/mol. The summed E-state index contributed by atoms with van der Waals surface area (Å²) in [5.74, 6) is 0.627. The van der Waals surface area contributed by atoms with Crippen molar-refractivity contribution >= 4 is 76.5 Å². The van der Waals surface area contributed by atoms with Crippen molar-refractivity contribution in [2.75, 3.05) is 0 Å². The Morgan fingerprint density at radius 1 is 0.408 bits per heavy atom. The molecule has 0 aliphatic rings. The standard InChI is InChI=1S/C44H26N4O/c1-2-13-27(14-3-1)47-36-21-9-5-15-28(36)30-25-26-31-29-16-6-10-22-37(29)48(43(31)42(30)47)44-45-35-20-8-4-17-32(35)41(46-44)34-19-12-24-39-40(34)33-18-7-11-23-38(33)49-39/h1-26H. The Balaban J connectivity index is 1.33. The number of para-hydroxylation sites is 5. The fraction of sp³-hybridized carbons (Fsp3) is 0. The van der Waals surface area contributed by atoms with Gasteiger partial charge in [0, 0.05) is 49.0 Å². The molecule has 0 radical (unpaired) electrons. The molecule has 0 aliphatic carbocycles. The molecule has 11 aromatic rings. The molecule has 7 aromatic carbocycles. The van der Waals surface area contributed by atoms with Gasteiger partial charge in [-0.25, -0.2) is 9.97 Å². The van der Waals surface area contributed by atoms with Crippen molar-refractivity contribution < 1.29 is 4.42 Å². The first-order chi connectivity index (χ1) is 24.3. The predicted molar refractivity (Wildman–Crippen MR) is 201 cm³/mol. The van der Waals surface area contributed by atoms with Gasteiger partial charge in [-0.1, -0.05) is 115 Å². The van der Waals surface area contributed by atoms with Crippen molar-refractivity contribution in [3.8, 4) is 22.9 Å². The largest absolute Gasteiger partial charge is 0.456 e. The molecule has 0 atom stereocenters. The summed E-state index contributed by atoms with van der Waals surface area (Å²) in [7, 11) is 0. The zero-order chi connectivity index (χ0) is 32.1. The average molecular weight is 627 g/mol. The van der Waals surface area contributed by atoms with E-state index in [1.54, 1.807) is 0 Å². The summed E-state index contributed by atoms with van der Waals surface area (Å²) in [6, 6.07) is 55.2. The molecular weight excluding hydrogens is 601 g/mol. The highest BCUT2D eigenvalue weighted by atomic mass is 16.3. The lowest BCUT2D eigenvalue weighted by Crippen LogP contribution is -2.05. The van der Waals surface area contributed by atoms with E-state index in [2.05, 4.69) is 143 Å². The first-order valence-electron chi connectivity index (χ1n) is 16.5. The van der Waals surface area contributed by atoms with Gasteiger partial charge >= 0.3 is 0 Å². The summed E-state index contributed by atoms with van der Waals surface area (Å²) >= 11 is 0. The van der Waals surface area contributed by atoms with Crippen LogP contribution < -0.4 is 0 Å². The van der Waals surface area contributed by atoms with Crippen LogP contribution in [-0.2, 0) is 0 Å². The summed E-state index contributed by atoms with van der Waals surface area (Å²) in [6.07, 6.45) is 0. The molecule has 0 amide bonds. The smallest absolute Gasteiger partial charge is 0.235 e. The second-order valence-electron chi connectivity index (χ2n) is 12.6. The fourth-order valence-corrected chi connectivity index (χ4v) is 7.90. The van der Waals surface area contributed by atoms with E-state index in [0.29, 0.717) is 5.95 Å². The van der Waals surface area contributed by atoms with Gasteiger partial charge in [0.2, 0.25) is 5.95 Å². The quantitative estimate of drug-likeness (QED) is 0.196. The lowest BCUT2D eigenvalue weighted by molar-refractivity contribution is 0.669. The number of benzene rings is 7. The van der Waals surface area contributed by atoms with Crippen LogP contribution in [0.15, 0.2) is 162 Å². The number of hydrogen-bond donors (Lipinski definition) is 0. The van der Waals surface area contributed by atoms with Crippen LogP contribution in [0.25, 0.3) is 99.3 Å². The second-order valence-corrected chi connectivity index (χ2v) is 12.6. The Hall–Kier alpha value is -6.72. The van der Waals surface area contributed by atoms with Gasteiger partial charge in [-0.05, 0) is 42.5 Å². The van der Waals surface area contributed by atoms with Crippen LogP contribution in [0.2, 0.25) is 0 Å². The van der Waals surface area contributed by atoms with Crippen LogP contribution in [0.3, 0.4) is 0 Å². The van der Waals surface area contributed by atoms with E-state index in [1.807, 2.05) is 24.3 Å². The Morgan fingerprint density at radius 3 is 1.78 bits per heavy atom. The molecule has 4 aromatic heterocycles. The zero-order valence-electron chi connectivity index (χ0n) is 26.2. The van der Waals surface area contributed by atoms with Crippen LogP contribution in [-0.4, -0.2) is 19.1 Å². The summed E-state index contributed by atoms with van der Waals surface area (Å²) in [4.78, 5) is 10.8. The van der Waals surface area contributed by atoms with Crippen LogP contribution in [0, 0.1) is 0 Å². The van der Waals surface area contributed by atoms with Crippen LogP contribution in [0.5, 0.6) is 0 Å². The molecule has 0 fully saturated rings. The SMILES string of the molecule is c1ccc(-n2c3ccccc3c3ccc4c5ccccc5n(-c5nc(-c6cccc7oc8ccccc8c67)c6ccccc6n5)c4c32)cc1. The molecule has 228 valence electrons. The third kappa shape index (κ3) is 3.64. The maximum Gasteiger partial charge on any atom is 0.235 e. The summed E-state index contributed by atoms with van der Waals surface area (Å²) in [5, 5.41) is 7.83. The number of fused-ring (bicyclic) bond motifs is 11. The minimum atomic E-state index is 0.627. The van der Waals surface area contributed by atoms with Crippen LogP contribution in [0.4, 0.5) is 0 Å². The van der Waals surface area contributed by atoms with E-state index in [-0.39, 0.29) is 0 Å². The minimum absolute atomic E-state index is 0.627. The van der Waals surface area contributed by atoms with E-state index >= 15 is 0 Å². The van der Waals surface area contributed by atoms with E-state index in [1.165, 1.54) is 10.8 Å². The van der Waals surface area contributed by atoms with Gasteiger partial charge in [-0.15, -0.1) is 0 Å². The number of furan rings is 1.